The molecule has 174 valence electrons. The maximum atomic E-state index is 13.0. The first-order chi connectivity index (χ1) is 16.0. The third kappa shape index (κ3) is 4.72. The van der Waals surface area contributed by atoms with Crippen LogP contribution in [-0.2, 0) is 22.4 Å². The Morgan fingerprint density at radius 2 is 1.91 bits per heavy atom. The van der Waals surface area contributed by atoms with E-state index >= 15 is 0 Å². The third-order valence-electron chi connectivity index (χ3n) is 7.15. The number of carbonyl (C=O) groups excluding carboxylic acids is 2. The number of fused-ring (bicyclic) bond motifs is 1. The van der Waals surface area contributed by atoms with Gasteiger partial charge in [0.05, 0.1) is 13.5 Å². The van der Waals surface area contributed by atoms with Gasteiger partial charge >= 0.3 is 0 Å². The Morgan fingerprint density at radius 1 is 1.12 bits per heavy atom. The SMILES string of the molecule is COc1ccc(CC(=O)N2CCCC(c3nc(C)c4c(n3)N(CC3CC3)C(=O)CC4)C2)cc1. The van der Waals surface area contributed by atoms with Crippen LogP contribution >= 0.6 is 0 Å². The number of aryl methyl sites for hydroxylation is 1. The van der Waals surface area contributed by atoms with Crippen LogP contribution in [0.2, 0.25) is 0 Å². The Bertz CT molecular complexity index is 1050. The molecule has 1 unspecified atom stereocenters. The van der Waals surface area contributed by atoms with Crippen LogP contribution in [-0.4, -0.2) is 53.4 Å². The fourth-order valence-electron chi connectivity index (χ4n) is 4.98. The molecule has 7 nitrogen and oxygen atoms in total. The summed E-state index contributed by atoms with van der Waals surface area (Å²) >= 11 is 0. The number of carbonyl (C=O) groups is 2. The Balaban J connectivity index is 1.32. The molecule has 7 heteroatoms. The van der Waals surface area contributed by atoms with E-state index in [1.165, 1.54) is 12.8 Å². The zero-order valence-electron chi connectivity index (χ0n) is 19.5. The minimum atomic E-state index is 0.0994. The van der Waals surface area contributed by atoms with E-state index in [2.05, 4.69) is 0 Å². The number of amides is 2. The molecule has 0 radical (unpaired) electrons. The van der Waals surface area contributed by atoms with Gasteiger partial charge in [-0.2, -0.15) is 0 Å². The van der Waals surface area contributed by atoms with Crippen LogP contribution in [0.3, 0.4) is 0 Å². The monoisotopic (exact) mass is 448 g/mol. The Hall–Kier alpha value is -2.96. The van der Waals surface area contributed by atoms with Gasteiger partial charge in [-0.15, -0.1) is 0 Å². The molecule has 3 heterocycles. The summed E-state index contributed by atoms with van der Waals surface area (Å²) in [6.45, 7) is 4.20. The highest BCUT2D eigenvalue weighted by molar-refractivity contribution is 5.95. The maximum absolute atomic E-state index is 13.0. The second-order valence-electron chi connectivity index (χ2n) is 9.62. The molecule has 0 N–H and O–H groups in total. The second-order valence-corrected chi connectivity index (χ2v) is 9.62. The van der Waals surface area contributed by atoms with Crippen LogP contribution in [0.5, 0.6) is 5.75 Å². The molecule has 0 spiro atoms. The van der Waals surface area contributed by atoms with Crippen molar-refractivity contribution < 1.29 is 14.3 Å². The number of hydrogen-bond donors (Lipinski definition) is 0. The highest BCUT2D eigenvalue weighted by Gasteiger charge is 2.34. The lowest BCUT2D eigenvalue weighted by molar-refractivity contribution is -0.131. The molecular formula is C26H32N4O3. The Morgan fingerprint density at radius 3 is 2.64 bits per heavy atom. The molecule has 2 fully saturated rings. The number of nitrogens with zero attached hydrogens (tertiary/aromatic N) is 4. The molecule has 2 amide bonds. The summed E-state index contributed by atoms with van der Waals surface area (Å²) < 4.78 is 5.21. The van der Waals surface area contributed by atoms with Crippen molar-refractivity contribution in [2.45, 2.75) is 57.8 Å². The van der Waals surface area contributed by atoms with Crippen LogP contribution < -0.4 is 9.64 Å². The van der Waals surface area contributed by atoms with Crippen molar-refractivity contribution in [3.63, 3.8) is 0 Å². The number of ether oxygens (including phenoxy) is 1. The van der Waals surface area contributed by atoms with E-state index in [0.717, 1.165) is 66.6 Å². The first-order valence-corrected chi connectivity index (χ1v) is 12.1. The predicted octanol–water partition coefficient (Wildman–Crippen LogP) is 3.43. The molecule has 1 saturated heterocycles. The average Bonchev–Trinajstić information content (AvgIpc) is 3.65. The van der Waals surface area contributed by atoms with E-state index in [0.29, 0.717) is 25.3 Å². The van der Waals surface area contributed by atoms with Gasteiger partial charge in [-0.05, 0) is 62.6 Å². The molecule has 2 aliphatic heterocycles. The summed E-state index contributed by atoms with van der Waals surface area (Å²) in [7, 11) is 1.64. The van der Waals surface area contributed by atoms with Crippen LogP contribution in [0.4, 0.5) is 5.82 Å². The number of hydrogen-bond acceptors (Lipinski definition) is 5. The lowest BCUT2D eigenvalue weighted by Gasteiger charge is -2.34. The molecule has 1 saturated carbocycles. The van der Waals surface area contributed by atoms with Crippen LogP contribution in [0.1, 0.15) is 60.7 Å². The van der Waals surface area contributed by atoms with Crippen LogP contribution in [0, 0.1) is 12.8 Å². The number of anilines is 1. The molecule has 33 heavy (non-hydrogen) atoms. The topological polar surface area (TPSA) is 75.6 Å². The fraction of sp³-hybridized carbons (Fsp3) is 0.538. The minimum absolute atomic E-state index is 0.0994. The van der Waals surface area contributed by atoms with E-state index in [-0.39, 0.29) is 17.7 Å². The van der Waals surface area contributed by atoms with Crippen molar-refractivity contribution in [2.24, 2.45) is 5.92 Å². The summed E-state index contributed by atoms with van der Waals surface area (Å²) in [5, 5.41) is 0. The molecule has 2 aromatic rings. The molecular weight excluding hydrogens is 416 g/mol. The first-order valence-electron chi connectivity index (χ1n) is 12.1. The summed E-state index contributed by atoms with van der Waals surface area (Å²) in [5.41, 5.74) is 3.07. The lowest BCUT2D eigenvalue weighted by Crippen LogP contribution is -2.41. The van der Waals surface area contributed by atoms with Gasteiger partial charge in [-0.25, -0.2) is 9.97 Å². The van der Waals surface area contributed by atoms with Gasteiger partial charge in [0.15, 0.2) is 0 Å². The standard InChI is InChI=1S/C26H32N4O3/c1-17-22-11-12-23(31)30(15-19-5-6-19)26(22)28-25(27-17)20-4-3-13-29(16-20)24(32)14-18-7-9-21(33-2)10-8-18/h7-10,19-20H,3-6,11-16H2,1-2H3. The summed E-state index contributed by atoms with van der Waals surface area (Å²) in [6.07, 6.45) is 5.93. The highest BCUT2D eigenvalue weighted by atomic mass is 16.5. The van der Waals surface area contributed by atoms with E-state index in [1.54, 1.807) is 7.11 Å². The van der Waals surface area contributed by atoms with Crippen molar-refractivity contribution in [1.29, 1.82) is 0 Å². The van der Waals surface area contributed by atoms with E-state index in [4.69, 9.17) is 14.7 Å². The highest BCUT2D eigenvalue weighted by Crippen LogP contribution is 2.36. The van der Waals surface area contributed by atoms with Crippen molar-refractivity contribution in [1.82, 2.24) is 14.9 Å². The van der Waals surface area contributed by atoms with Crippen LogP contribution in [0.15, 0.2) is 24.3 Å². The molecule has 1 aromatic carbocycles. The zero-order valence-corrected chi connectivity index (χ0v) is 19.5. The van der Waals surface area contributed by atoms with Gasteiger partial charge in [-0.3, -0.25) is 14.5 Å². The number of methoxy groups -OCH3 is 1. The number of benzene rings is 1. The van der Waals surface area contributed by atoms with E-state index < -0.39 is 0 Å². The lowest BCUT2D eigenvalue weighted by atomic mass is 9.95. The van der Waals surface area contributed by atoms with Gasteiger partial charge in [0.25, 0.3) is 0 Å². The number of rotatable bonds is 6. The third-order valence-corrected chi connectivity index (χ3v) is 7.15. The van der Waals surface area contributed by atoms with Gasteiger partial charge in [0, 0.05) is 43.2 Å². The Labute approximate surface area is 195 Å². The second kappa shape index (κ2) is 9.12. The number of piperidine rings is 1. The van der Waals surface area contributed by atoms with Gasteiger partial charge < -0.3 is 9.64 Å². The smallest absolute Gasteiger partial charge is 0.228 e. The first kappa shape index (κ1) is 21.9. The minimum Gasteiger partial charge on any atom is -0.497 e. The predicted molar refractivity (Wildman–Crippen MR) is 125 cm³/mol. The Kier molecular flexibility index (Phi) is 6.04. The van der Waals surface area contributed by atoms with Crippen molar-refractivity contribution in [2.75, 3.05) is 31.6 Å². The average molecular weight is 449 g/mol. The largest absolute Gasteiger partial charge is 0.497 e. The van der Waals surface area contributed by atoms with E-state index in [9.17, 15) is 9.59 Å². The molecule has 1 aliphatic carbocycles. The van der Waals surface area contributed by atoms with Crippen molar-refractivity contribution in [3.05, 3.63) is 46.9 Å². The molecule has 1 aromatic heterocycles. The summed E-state index contributed by atoms with van der Waals surface area (Å²) in [6, 6.07) is 7.67. The molecule has 3 aliphatic rings. The van der Waals surface area contributed by atoms with Crippen LogP contribution in [0.25, 0.3) is 0 Å². The van der Waals surface area contributed by atoms with Crippen molar-refractivity contribution >= 4 is 17.6 Å². The fourth-order valence-corrected chi connectivity index (χ4v) is 4.98. The normalized spacial score (nSPS) is 20.5. The number of likely N-dealkylation sites (tertiary alicyclic amines) is 1. The summed E-state index contributed by atoms with van der Waals surface area (Å²) in [4.78, 5) is 39.4. The van der Waals surface area contributed by atoms with Gasteiger partial charge in [-0.1, -0.05) is 12.1 Å². The zero-order chi connectivity index (χ0) is 22.9. The molecule has 5 rings (SSSR count). The molecule has 1 atom stereocenters. The quantitative estimate of drug-likeness (QED) is 0.677. The summed E-state index contributed by atoms with van der Waals surface area (Å²) in [5.74, 6) is 3.41. The van der Waals surface area contributed by atoms with E-state index in [1.807, 2.05) is 41.0 Å². The van der Waals surface area contributed by atoms with Crippen molar-refractivity contribution in [3.8, 4) is 5.75 Å². The molecule has 0 bridgehead atoms. The maximum Gasteiger partial charge on any atom is 0.228 e. The van der Waals surface area contributed by atoms with Gasteiger partial charge in [0.2, 0.25) is 11.8 Å². The van der Waals surface area contributed by atoms with Gasteiger partial charge in [0.1, 0.15) is 17.4 Å². The number of aromatic nitrogens is 2.